The summed E-state index contributed by atoms with van der Waals surface area (Å²) in [7, 11) is 1.67. The molecule has 0 N–H and O–H groups in total. The second-order valence-electron chi connectivity index (χ2n) is 4.22. The number of hydrogen-bond donors (Lipinski definition) is 0. The standard InChI is InChI=1S/C14H18N2O2/c1-3-14(17)16-9-7-15(8-10-16)12-5-4-6-13(11-12)18-2/h3-6,11H,1,7-10H2,2H3. The van der Waals surface area contributed by atoms with Gasteiger partial charge in [0.25, 0.3) is 0 Å². The van der Waals surface area contributed by atoms with Crippen LogP contribution in [0.2, 0.25) is 0 Å². The zero-order valence-electron chi connectivity index (χ0n) is 10.6. The molecule has 4 nitrogen and oxygen atoms in total. The molecule has 0 bridgehead atoms. The predicted octanol–water partition coefficient (Wildman–Crippen LogP) is 1.53. The maximum Gasteiger partial charge on any atom is 0.246 e. The minimum absolute atomic E-state index is 0.0142. The minimum Gasteiger partial charge on any atom is -0.497 e. The molecular formula is C14H18N2O2. The van der Waals surface area contributed by atoms with Crippen LogP contribution in [0, 0.1) is 0 Å². The fourth-order valence-electron chi connectivity index (χ4n) is 2.12. The van der Waals surface area contributed by atoms with E-state index in [9.17, 15) is 4.79 Å². The number of amides is 1. The van der Waals surface area contributed by atoms with Crippen molar-refractivity contribution in [1.82, 2.24) is 4.90 Å². The lowest BCUT2D eigenvalue weighted by atomic mass is 10.2. The molecule has 0 radical (unpaired) electrons. The number of carbonyl (C=O) groups excluding carboxylic acids is 1. The van der Waals surface area contributed by atoms with E-state index in [-0.39, 0.29) is 5.91 Å². The van der Waals surface area contributed by atoms with E-state index in [1.54, 1.807) is 7.11 Å². The van der Waals surface area contributed by atoms with Crippen molar-refractivity contribution in [3.8, 4) is 5.75 Å². The van der Waals surface area contributed by atoms with Gasteiger partial charge in [0.1, 0.15) is 5.75 Å². The minimum atomic E-state index is 0.0142. The summed E-state index contributed by atoms with van der Waals surface area (Å²) >= 11 is 0. The average molecular weight is 246 g/mol. The smallest absolute Gasteiger partial charge is 0.246 e. The summed E-state index contributed by atoms with van der Waals surface area (Å²) in [5.74, 6) is 0.873. The monoisotopic (exact) mass is 246 g/mol. The Kier molecular flexibility index (Phi) is 3.87. The number of anilines is 1. The normalized spacial score (nSPS) is 15.4. The topological polar surface area (TPSA) is 32.8 Å². The van der Waals surface area contributed by atoms with E-state index >= 15 is 0 Å². The van der Waals surface area contributed by atoms with E-state index in [1.165, 1.54) is 6.08 Å². The maximum absolute atomic E-state index is 11.5. The summed E-state index contributed by atoms with van der Waals surface area (Å²) in [6.07, 6.45) is 1.38. The van der Waals surface area contributed by atoms with Crippen LogP contribution in [-0.4, -0.2) is 44.1 Å². The molecule has 0 spiro atoms. The molecular weight excluding hydrogens is 228 g/mol. The molecule has 1 fully saturated rings. The van der Waals surface area contributed by atoms with Crippen molar-refractivity contribution in [1.29, 1.82) is 0 Å². The van der Waals surface area contributed by atoms with Gasteiger partial charge in [-0.3, -0.25) is 4.79 Å². The number of piperazine rings is 1. The summed E-state index contributed by atoms with van der Waals surface area (Å²) in [6, 6.07) is 7.99. The van der Waals surface area contributed by atoms with Crippen LogP contribution < -0.4 is 9.64 Å². The number of ether oxygens (including phenoxy) is 1. The van der Waals surface area contributed by atoms with Crippen molar-refractivity contribution in [2.45, 2.75) is 0 Å². The average Bonchev–Trinajstić information content (AvgIpc) is 2.46. The first kappa shape index (κ1) is 12.5. The van der Waals surface area contributed by atoms with Crippen LogP contribution >= 0.6 is 0 Å². The summed E-state index contributed by atoms with van der Waals surface area (Å²) in [4.78, 5) is 15.6. The first-order valence-electron chi connectivity index (χ1n) is 6.05. The van der Waals surface area contributed by atoms with Crippen LogP contribution in [0.4, 0.5) is 5.69 Å². The molecule has 1 aliphatic heterocycles. The molecule has 0 aliphatic carbocycles. The number of carbonyl (C=O) groups is 1. The van der Waals surface area contributed by atoms with E-state index in [2.05, 4.69) is 17.5 Å². The van der Waals surface area contributed by atoms with Gasteiger partial charge >= 0.3 is 0 Å². The molecule has 1 aliphatic rings. The zero-order chi connectivity index (χ0) is 13.0. The number of benzene rings is 1. The lowest BCUT2D eigenvalue weighted by Gasteiger charge is -2.35. The molecule has 4 heteroatoms. The molecule has 1 aromatic rings. The van der Waals surface area contributed by atoms with Gasteiger partial charge in [-0.25, -0.2) is 0 Å². The Morgan fingerprint density at radius 1 is 1.33 bits per heavy atom. The van der Waals surface area contributed by atoms with Gasteiger partial charge in [0.2, 0.25) is 5.91 Å². The van der Waals surface area contributed by atoms with Gasteiger partial charge in [-0.1, -0.05) is 12.6 Å². The summed E-state index contributed by atoms with van der Waals surface area (Å²) in [6.45, 7) is 6.67. The molecule has 1 amide bonds. The highest BCUT2D eigenvalue weighted by Crippen LogP contribution is 2.22. The zero-order valence-corrected chi connectivity index (χ0v) is 10.6. The molecule has 2 rings (SSSR count). The van der Waals surface area contributed by atoms with Crippen LogP contribution in [0.1, 0.15) is 0 Å². The molecule has 1 saturated heterocycles. The second kappa shape index (κ2) is 5.58. The van der Waals surface area contributed by atoms with Crippen molar-refractivity contribution < 1.29 is 9.53 Å². The van der Waals surface area contributed by atoms with E-state index in [1.807, 2.05) is 23.1 Å². The molecule has 0 unspecified atom stereocenters. The Morgan fingerprint density at radius 2 is 2.06 bits per heavy atom. The third kappa shape index (κ3) is 2.64. The van der Waals surface area contributed by atoms with Crippen LogP contribution in [0.15, 0.2) is 36.9 Å². The Morgan fingerprint density at radius 3 is 2.67 bits per heavy atom. The molecule has 0 aromatic heterocycles. The van der Waals surface area contributed by atoms with Gasteiger partial charge in [-0.05, 0) is 18.2 Å². The summed E-state index contributed by atoms with van der Waals surface area (Å²) in [5.41, 5.74) is 1.14. The van der Waals surface area contributed by atoms with Crippen molar-refractivity contribution >= 4 is 11.6 Å². The van der Waals surface area contributed by atoms with E-state index < -0.39 is 0 Å². The van der Waals surface area contributed by atoms with E-state index in [4.69, 9.17) is 4.74 Å². The van der Waals surface area contributed by atoms with Crippen LogP contribution in [0.3, 0.4) is 0 Å². The first-order chi connectivity index (χ1) is 8.74. The molecule has 0 atom stereocenters. The quantitative estimate of drug-likeness (QED) is 0.758. The largest absolute Gasteiger partial charge is 0.497 e. The Balaban J connectivity index is 2.00. The number of hydrogen-bond acceptors (Lipinski definition) is 3. The van der Waals surface area contributed by atoms with Gasteiger partial charge in [-0.2, -0.15) is 0 Å². The SMILES string of the molecule is C=CC(=O)N1CCN(c2cccc(OC)c2)CC1. The maximum atomic E-state index is 11.5. The van der Waals surface area contributed by atoms with Gasteiger partial charge in [-0.15, -0.1) is 0 Å². The van der Waals surface area contributed by atoms with Crippen molar-refractivity contribution in [2.24, 2.45) is 0 Å². The molecule has 0 saturated carbocycles. The Hall–Kier alpha value is -1.97. The van der Waals surface area contributed by atoms with E-state index in [0.29, 0.717) is 0 Å². The third-order valence-electron chi connectivity index (χ3n) is 3.18. The van der Waals surface area contributed by atoms with E-state index in [0.717, 1.165) is 37.6 Å². The lowest BCUT2D eigenvalue weighted by Crippen LogP contribution is -2.48. The van der Waals surface area contributed by atoms with Crippen LogP contribution in [-0.2, 0) is 4.79 Å². The summed E-state index contributed by atoms with van der Waals surface area (Å²) in [5, 5.41) is 0. The molecule has 1 aromatic carbocycles. The summed E-state index contributed by atoms with van der Waals surface area (Å²) < 4.78 is 5.22. The van der Waals surface area contributed by atoms with Gasteiger partial charge in [0, 0.05) is 37.9 Å². The Labute approximate surface area is 107 Å². The van der Waals surface area contributed by atoms with Gasteiger partial charge in [0.15, 0.2) is 0 Å². The fourth-order valence-corrected chi connectivity index (χ4v) is 2.12. The molecule has 96 valence electrons. The second-order valence-corrected chi connectivity index (χ2v) is 4.22. The van der Waals surface area contributed by atoms with Crippen LogP contribution in [0.25, 0.3) is 0 Å². The van der Waals surface area contributed by atoms with Crippen molar-refractivity contribution in [3.63, 3.8) is 0 Å². The third-order valence-corrected chi connectivity index (χ3v) is 3.18. The highest BCUT2D eigenvalue weighted by atomic mass is 16.5. The van der Waals surface area contributed by atoms with Crippen LogP contribution in [0.5, 0.6) is 5.75 Å². The Bertz CT molecular complexity index is 437. The number of rotatable bonds is 3. The number of nitrogens with zero attached hydrogens (tertiary/aromatic N) is 2. The van der Waals surface area contributed by atoms with Gasteiger partial charge < -0.3 is 14.5 Å². The number of methoxy groups -OCH3 is 1. The van der Waals surface area contributed by atoms with Gasteiger partial charge in [0.05, 0.1) is 7.11 Å². The van der Waals surface area contributed by atoms with Crippen molar-refractivity contribution in [2.75, 3.05) is 38.2 Å². The molecule has 18 heavy (non-hydrogen) atoms. The lowest BCUT2D eigenvalue weighted by molar-refractivity contribution is -0.126. The predicted molar refractivity (Wildman–Crippen MR) is 72.0 cm³/mol. The fraction of sp³-hybridized carbons (Fsp3) is 0.357. The molecule has 1 heterocycles. The highest BCUT2D eigenvalue weighted by Gasteiger charge is 2.19. The van der Waals surface area contributed by atoms with Crippen molar-refractivity contribution in [3.05, 3.63) is 36.9 Å². The first-order valence-corrected chi connectivity index (χ1v) is 6.05. The highest BCUT2D eigenvalue weighted by molar-refractivity contribution is 5.87.